The van der Waals surface area contributed by atoms with Crippen LogP contribution in [0.15, 0.2) is 48.5 Å². The molecule has 45 heavy (non-hydrogen) atoms. The van der Waals surface area contributed by atoms with E-state index in [9.17, 15) is 4.79 Å². The van der Waals surface area contributed by atoms with Crippen LogP contribution >= 0.6 is 0 Å². The van der Waals surface area contributed by atoms with Gasteiger partial charge < -0.3 is 39.7 Å². The van der Waals surface area contributed by atoms with Crippen molar-refractivity contribution in [1.82, 2.24) is 19.9 Å². The molecule has 4 unspecified atom stereocenters. The minimum Gasteiger partial charge on any atom is -0.371 e. The first-order valence-corrected chi connectivity index (χ1v) is 16.3. The van der Waals surface area contributed by atoms with Crippen molar-refractivity contribution in [2.75, 3.05) is 84.7 Å². The molecule has 0 aliphatic carbocycles. The maximum Gasteiger partial charge on any atom is 0.323 e. The number of urea groups is 1. The highest BCUT2D eigenvalue weighted by Crippen LogP contribution is 2.32. The van der Waals surface area contributed by atoms with E-state index in [4.69, 9.17) is 24.4 Å². The molecule has 4 atom stereocenters. The van der Waals surface area contributed by atoms with Crippen LogP contribution in [0.4, 0.5) is 33.8 Å². The van der Waals surface area contributed by atoms with Gasteiger partial charge in [0.05, 0.1) is 24.4 Å². The lowest BCUT2D eigenvalue weighted by Gasteiger charge is -2.34. The monoisotopic (exact) mass is 611 g/mol. The van der Waals surface area contributed by atoms with Crippen LogP contribution in [0.5, 0.6) is 0 Å². The van der Waals surface area contributed by atoms with Crippen molar-refractivity contribution in [2.45, 2.75) is 50.1 Å². The molecule has 0 radical (unpaired) electrons. The summed E-state index contributed by atoms with van der Waals surface area (Å²) in [6.07, 6.45) is 5.28. The second-order valence-electron chi connectivity index (χ2n) is 13.0. The third-order valence-electron chi connectivity index (χ3n) is 9.66. The van der Waals surface area contributed by atoms with Crippen LogP contribution in [0, 0.1) is 0 Å². The standard InChI is InChI=1S/C33H41N9O3/c1-39-14-16-40(17-15-39)25-8-6-24(7-9-25)35-33(43)34-23-4-2-22(3-5-23)30-36-31(41-18-26-10-11-27(19-41)44-26)38-32(37-30)42-20-28-12-13-29(21-42)45-28/h2-9,26-29H,10-21H2,1H3,(H2,34,35,43). The summed E-state index contributed by atoms with van der Waals surface area (Å²) in [5.41, 5.74) is 3.49. The molecule has 8 rings (SSSR count). The number of carbonyl (C=O) groups is 1. The van der Waals surface area contributed by atoms with Gasteiger partial charge in [-0.05, 0) is 81.3 Å². The number of hydrogen-bond acceptors (Lipinski definition) is 10. The molecule has 5 saturated heterocycles. The van der Waals surface area contributed by atoms with Crippen LogP contribution in [0.2, 0.25) is 0 Å². The minimum absolute atomic E-state index is 0.234. The predicted octanol–water partition coefficient (Wildman–Crippen LogP) is 3.67. The third kappa shape index (κ3) is 6.27. The molecule has 3 aromatic rings. The molecule has 4 bridgehead atoms. The number of aromatic nitrogens is 3. The molecular weight excluding hydrogens is 570 g/mol. The average Bonchev–Trinajstić information content (AvgIpc) is 3.59. The number of amides is 2. The third-order valence-corrected chi connectivity index (χ3v) is 9.66. The van der Waals surface area contributed by atoms with Crippen molar-refractivity contribution in [2.24, 2.45) is 0 Å². The van der Waals surface area contributed by atoms with E-state index in [0.29, 0.717) is 23.4 Å². The van der Waals surface area contributed by atoms with E-state index in [1.54, 1.807) is 0 Å². The number of likely N-dealkylation sites (N-methyl/N-ethyl adjacent to an activating group) is 1. The molecule has 2 N–H and O–H groups in total. The van der Waals surface area contributed by atoms with Gasteiger partial charge >= 0.3 is 6.03 Å². The summed E-state index contributed by atoms with van der Waals surface area (Å²) in [6.45, 7) is 7.31. The Hall–Kier alpha value is -4.00. The van der Waals surface area contributed by atoms with E-state index in [-0.39, 0.29) is 30.4 Å². The van der Waals surface area contributed by atoms with E-state index in [1.165, 1.54) is 5.69 Å². The SMILES string of the molecule is CN1CCN(c2ccc(NC(=O)Nc3ccc(-c4nc(N5CC6CCC(C5)O6)nc(N5CC6CCC(C5)O6)n4)cc3)cc2)CC1. The van der Waals surface area contributed by atoms with E-state index in [2.05, 4.69) is 49.4 Å². The quantitative estimate of drug-likeness (QED) is 0.428. The van der Waals surface area contributed by atoms with Gasteiger partial charge in [0.2, 0.25) is 11.9 Å². The Morgan fingerprint density at radius 3 is 1.60 bits per heavy atom. The molecule has 0 spiro atoms. The summed E-state index contributed by atoms with van der Waals surface area (Å²) in [4.78, 5) is 36.9. The number of carbonyl (C=O) groups excluding carboxylic acids is 1. The molecule has 1 aromatic heterocycles. The van der Waals surface area contributed by atoms with Crippen molar-refractivity contribution < 1.29 is 14.3 Å². The van der Waals surface area contributed by atoms with Crippen LogP contribution < -0.4 is 25.3 Å². The van der Waals surface area contributed by atoms with Gasteiger partial charge in [-0.3, -0.25) is 0 Å². The number of anilines is 5. The number of fused-ring (bicyclic) bond motifs is 4. The number of ether oxygens (including phenoxy) is 2. The van der Waals surface area contributed by atoms with E-state index < -0.39 is 0 Å². The highest BCUT2D eigenvalue weighted by atomic mass is 16.5. The molecule has 5 aliphatic heterocycles. The summed E-state index contributed by atoms with van der Waals surface area (Å²) in [6, 6.07) is 15.4. The van der Waals surface area contributed by atoms with Gasteiger partial charge in [0.15, 0.2) is 5.82 Å². The molecule has 12 nitrogen and oxygen atoms in total. The molecule has 236 valence electrons. The molecule has 2 amide bonds. The van der Waals surface area contributed by atoms with Crippen molar-refractivity contribution in [3.05, 3.63) is 48.5 Å². The van der Waals surface area contributed by atoms with Crippen molar-refractivity contribution in [3.63, 3.8) is 0 Å². The van der Waals surface area contributed by atoms with E-state index >= 15 is 0 Å². The lowest BCUT2D eigenvalue weighted by atomic mass is 10.2. The number of rotatable bonds is 6. The topological polar surface area (TPSA) is 111 Å². The Morgan fingerprint density at radius 2 is 1.11 bits per heavy atom. The minimum atomic E-state index is -0.288. The van der Waals surface area contributed by atoms with Crippen LogP contribution in [0.3, 0.4) is 0 Å². The molecule has 12 heteroatoms. The molecular formula is C33H41N9O3. The second-order valence-corrected chi connectivity index (χ2v) is 13.0. The van der Waals surface area contributed by atoms with Gasteiger partial charge in [-0.1, -0.05) is 0 Å². The van der Waals surface area contributed by atoms with Crippen molar-refractivity contribution in [3.8, 4) is 11.4 Å². The lowest BCUT2D eigenvalue weighted by Crippen LogP contribution is -2.45. The van der Waals surface area contributed by atoms with Gasteiger partial charge in [0, 0.05) is 75.0 Å². The number of piperazine rings is 1. The zero-order chi connectivity index (χ0) is 30.3. The Morgan fingerprint density at radius 1 is 0.644 bits per heavy atom. The van der Waals surface area contributed by atoms with Crippen LogP contribution in [0.1, 0.15) is 25.7 Å². The number of hydrogen-bond donors (Lipinski definition) is 2. The van der Waals surface area contributed by atoms with E-state index in [1.807, 2.05) is 36.4 Å². The molecule has 5 aliphatic rings. The molecule has 5 fully saturated rings. The summed E-state index contributed by atoms with van der Waals surface area (Å²) >= 11 is 0. The van der Waals surface area contributed by atoms with Crippen molar-refractivity contribution >= 4 is 35.0 Å². The summed E-state index contributed by atoms with van der Waals surface area (Å²) in [5, 5.41) is 5.89. The Labute approximate surface area is 263 Å². The number of nitrogens with zero attached hydrogens (tertiary/aromatic N) is 7. The first-order chi connectivity index (χ1) is 22.0. The molecule has 0 saturated carbocycles. The highest BCUT2D eigenvalue weighted by Gasteiger charge is 2.37. The number of morpholine rings is 2. The van der Waals surface area contributed by atoms with Crippen LogP contribution in [-0.2, 0) is 9.47 Å². The number of nitrogens with one attached hydrogen (secondary N) is 2. The number of benzene rings is 2. The van der Waals surface area contributed by atoms with Gasteiger partial charge in [-0.2, -0.15) is 15.0 Å². The summed E-state index contributed by atoms with van der Waals surface area (Å²) in [7, 11) is 2.15. The fourth-order valence-electron chi connectivity index (χ4n) is 7.14. The van der Waals surface area contributed by atoms with E-state index in [0.717, 1.165) is 89.3 Å². The van der Waals surface area contributed by atoms with Crippen LogP contribution in [0.25, 0.3) is 11.4 Å². The zero-order valence-corrected chi connectivity index (χ0v) is 25.8. The fourth-order valence-corrected chi connectivity index (χ4v) is 7.14. The predicted molar refractivity (Wildman–Crippen MR) is 174 cm³/mol. The Balaban J connectivity index is 0.960. The van der Waals surface area contributed by atoms with Gasteiger partial charge in [0.25, 0.3) is 0 Å². The average molecular weight is 612 g/mol. The Kier molecular flexibility index (Phi) is 7.64. The zero-order valence-electron chi connectivity index (χ0n) is 25.8. The molecule has 2 aromatic carbocycles. The highest BCUT2D eigenvalue weighted by molar-refractivity contribution is 5.99. The first-order valence-electron chi connectivity index (χ1n) is 16.3. The smallest absolute Gasteiger partial charge is 0.323 e. The maximum absolute atomic E-state index is 12.8. The Bertz CT molecular complexity index is 1440. The van der Waals surface area contributed by atoms with Gasteiger partial charge in [-0.25, -0.2) is 4.79 Å². The lowest BCUT2D eigenvalue weighted by molar-refractivity contribution is 0.0293. The van der Waals surface area contributed by atoms with Crippen LogP contribution in [-0.4, -0.2) is 110 Å². The summed E-state index contributed by atoms with van der Waals surface area (Å²) in [5.74, 6) is 2.03. The van der Waals surface area contributed by atoms with Gasteiger partial charge in [-0.15, -0.1) is 0 Å². The normalized spacial score (nSPS) is 26.3. The maximum atomic E-state index is 12.8. The van der Waals surface area contributed by atoms with Crippen molar-refractivity contribution in [1.29, 1.82) is 0 Å². The molecule has 6 heterocycles. The second kappa shape index (κ2) is 12.1. The first kappa shape index (κ1) is 28.5. The van der Waals surface area contributed by atoms with Gasteiger partial charge in [0.1, 0.15) is 0 Å². The summed E-state index contributed by atoms with van der Waals surface area (Å²) < 4.78 is 12.2. The fraction of sp³-hybridized carbons (Fsp3) is 0.515. The largest absolute Gasteiger partial charge is 0.371 e.